The number of hydrogen-bond acceptors (Lipinski definition) is 6. The van der Waals surface area contributed by atoms with Crippen LogP contribution in [-0.2, 0) is 0 Å². The number of fused-ring (bicyclic) bond motifs is 1. The Labute approximate surface area is 114 Å². The van der Waals surface area contributed by atoms with Gasteiger partial charge in [0.05, 0.1) is 36.0 Å². The van der Waals surface area contributed by atoms with E-state index in [0.29, 0.717) is 33.6 Å². The largest absolute Gasteiger partial charge is 0.496 e. The first-order chi connectivity index (χ1) is 9.72. The highest BCUT2D eigenvalue weighted by Gasteiger charge is 2.15. The van der Waals surface area contributed by atoms with E-state index in [4.69, 9.17) is 15.7 Å². The molecular formula is C13H10N6O. The minimum atomic E-state index is 0.126. The molecule has 0 atom stereocenters. The van der Waals surface area contributed by atoms with Crippen molar-refractivity contribution in [2.24, 2.45) is 0 Å². The molecule has 2 aromatic heterocycles. The van der Waals surface area contributed by atoms with E-state index < -0.39 is 0 Å². The summed E-state index contributed by atoms with van der Waals surface area (Å²) >= 11 is 0. The number of aromatic nitrogens is 4. The molecule has 0 bridgehead atoms. The van der Waals surface area contributed by atoms with E-state index in [1.54, 1.807) is 31.5 Å². The van der Waals surface area contributed by atoms with Crippen molar-refractivity contribution in [1.29, 1.82) is 5.26 Å². The Kier molecular flexibility index (Phi) is 2.69. The number of nitrogens with zero attached hydrogens (tertiary/aromatic N) is 4. The highest BCUT2D eigenvalue weighted by molar-refractivity contribution is 5.92. The van der Waals surface area contributed by atoms with Crippen molar-refractivity contribution < 1.29 is 4.74 Å². The number of methoxy groups -OCH3 is 1. The average molecular weight is 266 g/mol. The molecule has 0 saturated heterocycles. The van der Waals surface area contributed by atoms with Gasteiger partial charge in [0.25, 0.3) is 0 Å². The number of nitrogens with two attached hydrogens (primary N) is 1. The van der Waals surface area contributed by atoms with Gasteiger partial charge in [0, 0.05) is 5.56 Å². The van der Waals surface area contributed by atoms with E-state index in [1.807, 2.05) is 0 Å². The lowest BCUT2D eigenvalue weighted by Gasteiger charge is -2.09. The molecule has 20 heavy (non-hydrogen) atoms. The van der Waals surface area contributed by atoms with E-state index in [-0.39, 0.29) is 5.95 Å². The first kappa shape index (κ1) is 11.9. The van der Waals surface area contributed by atoms with Gasteiger partial charge in [-0.3, -0.25) is 5.10 Å². The molecular weight excluding hydrogens is 256 g/mol. The molecule has 3 N–H and O–H groups in total. The minimum Gasteiger partial charge on any atom is -0.496 e. The molecule has 3 aromatic rings. The van der Waals surface area contributed by atoms with Crippen molar-refractivity contribution in [3.8, 4) is 23.1 Å². The van der Waals surface area contributed by atoms with Crippen LogP contribution >= 0.6 is 0 Å². The van der Waals surface area contributed by atoms with Crippen LogP contribution in [0.5, 0.6) is 5.75 Å². The molecule has 0 aliphatic rings. The van der Waals surface area contributed by atoms with Crippen molar-refractivity contribution in [2.75, 3.05) is 12.8 Å². The fraction of sp³-hybridized carbons (Fsp3) is 0.0769. The summed E-state index contributed by atoms with van der Waals surface area (Å²) in [6.45, 7) is 0. The first-order valence-corrected chi connectivity index (χ1v) is 5.78. The number of rotatable bonds is 2. The number of benzene rings is 1. The number of anilines is 1. The SMILES string of the molecule is COc1ccc(C#N)cc1-c1nc(N)nc2[nH]ncc12. The molecule has 0 aliphatic carbocycles. The lowest BCUT2D eigenvalue weighted by molar-refractivity contribution is 0.416. The Morgan fingerprint density at radius 1 is 1.35 bits per heavy atom. The quantitative estimate of drug-likeness (QED) is 0.726. The topological polar surface area (TPSA) is 113 Å². The Morgan fingerprint density at radius 3 is 2.95 bits per heavy atom. The molecule has 0 radical (unpaired) electrons. The van der Waals surface area contributed by atoms with E-state index in [2.05, 4.69) is 26.2 Å². The van der Waals surface area contributed by atoms with Gasteiger partial charge in [0.1, 0.15) is 5.75 Å². The van der Waals surface area contributed by atoms with E-state index >= 15 is 0 Å². The molecule has 0 unspecified atom stereocenters. The zero-order valence-electron chi connectivity index (χ0n) is 10.6. The van der Waals surface area contributed by atoms with Gasteiger partial charge < -0.3 is 10.5 Å². The van der Waals surface area contributed by atoms with Crippen LogP contribution in [0.2, 0.25) is 0 Å². The van der Waals surface area contributed by atoms with Gasteiger partial charge in [-0.2, -0.15) is 15.3 Å². The number of hydrogen-bond donors (Lipinski definition) is 2. The second-order valence-corrected chi connectivity index (χ2v) is 4.09. The lowest BCUT2D eigenvalue weighted by Crippen LogP contribution is -1.99. The second-order valence-electron chi connectivity index (χ2n) is 4.09. The summed E-state index contributed by atoms with van der Waals surface area (Å²) in [5.41, 5.74) is 8.01. The lowest BCUT2D eigenvalue weighted by atomic mass is 10.1. The van der Waals surface area contributed by atoms with Crippen molar-refractivity contribution in [1.82, 2.24) is 20.2 Å². The molecule has 98 valence electrons. The third-order valence-corrected chi connectivity index (χ3v) is 2.91. The smallest absolute Gasteiger partial charge is 0.222 e. The van der Waals surface area contributed by atoms with Crippen molar-refractivity contribution >= 4 is 17.0 Å². The maximum Gasteiger partial charge on any atom is 0.222 e. The van der Waals surface area contributed by atoms with E-state index in [1.165, 1.54) is 0 Å². The van der Waals surface area contributed by atoms with Crippen LogP contribution in [-0.4, -0.2) is 27.3 Å². The van der Waals surface area contributed by atoms with Crippen LogP contribution in [0.4, 0.5) is 5.95 Å². The standard InChI is InChI=1S/C13H10N6O/c1-20-10-3-2-7(5-14)4-8(10)11-9-6-16-19-12(9)18-13(15)17-11/h2-4,6H,1H3,(H3,15,16,17,18,19). The molecule has 2 heterocycles. The monoisotopic (exact) mass is 266 g/mol. The van der Waals surface area contributed by atoms with Crippen LogP contribution in [0.1, 0.15) is 5.56 Å². The van der Waals surface area contributed by atoms with Crippen LogP contribution in [0.15, 0.2) is 24.4 Å². The van der Waals surface area contributed by atoms with Gasteiger partial charge in [-0.25, -0.2) is 4.98 Å². The maximum atomic E-state index is 9.03. The predicted octanol–water partition coefficient (Wildman–Crippen LogP) is 1.48. The summed E-state index contributed by atoms with van der Waals surface area (Å²) in [7, 11) is 1.56. The van der Waals surface area contributed by atoms with Crippen LogP contribution in [0, 0.1) is 11.3 Å². The third-order valence-electron chi connectivity index (χ3n) is 2.91. The fourth-order valence-electron chi connectivity index (χ4n) is 2.02. The Hall–Kier alpha value is -3.14. The van der Waals surface area contributed by atoms with Crippen molar-refractivity contribution in [3.63, 3.8) is 0 Å². The van der Waals surface area contributed by atoms with Gasteiger partial charge in [-0.05, 0) is 18.2 Å². The van der Waals surface area contributed by atoms with Crippen LogP contribution in [0.25, 0.3) is 22.3 Å². The summed E-state index contributed by atoms with van der Waals surface area (Å²) in [5, 5.41) is 16.4. The summed E-state index contributed by atoms with van der Waals surface area (Å²) in [4.78, 5) is 8.31. The number of ether oxygens (including phenoxy) is 1. The maximum absolute atomic E-state index is 9.03. The zero-order chi connectivity index (χ0) is 14.1. The van der Waals surface area contributed by atoms with Crippen LogP contribution in [0.3, 0.4) is 0 Å². The number of H-pyrrole nitrogens is 1. The number of aromatic amines is 1. The highest BCUT2D eigenvalue weighted by atomic mass is 16.5. The molecule has 7 heteroatoms. The Morgan fingerprint density at radius 2 is 2.20 bits per heavy atom. The zero-order valence-corrected chi connectivity index (χ0v) is 10.6. The van der Waals surface area contributed by atoms with Crippen molar-refractivity contribution in [3.05, 3.63) is 30.0 Å². The number of nitrogens with one attached hydrogen (secondary N) is 1. The van der Waals surface area contributed by atoms with Crippen LogP contribution < -0.4 is 10.5 Å². The molecule has 1 aromatic carbocycles. The fourth-order valence-corrected chi connectivity index (χ4v) is 2.02. The van der Waals surface area contributed by atoms with Crippen molar-refractivity contribution in [2.45, 2.75) is 0 Å². The predicted molar refractivity (Wildman–Crippen MR) is 72.8 cm³/mol. The average Bonchev–Trinajstić information content (AvgIpc) is 2.93. The first-order valence-electron chi connectivity index (χ1n) is 5.78. The third kappa shape index (κ3) is 1.80. The van der Waals surface area contributed by atoms with Gasteiger partial charge in [0.15, 0.2) is 5.65 Å². The van der Waals surface area contributed by atoms with Gasteiger partial charge in [-0.1, -0.05) is 0 Å². The summed E-state index contributed by atoms with van der Waals surface area (Å²) in [5.74, 6) is 0.728. The van der Waals surface area contributed by atoms with Gasteiger partial charge >= 0.3 is 0 Å². The number of nitrogen functional groups attached to an aromatic ring is 1. The molecule has 7 nitrogen and oxygen atoms in total. The molecule has 0 fully saturated rings. The summed E-state index contributed by atoms with van der Waals surface area (Å²) < 4.78 is 5.32. The van der Waals surface area contributed by atoms with E-state index in [0.717, 1.165) is 0 Å². The minimum absolute atomic E-state index is 0.126. The Balaban J connectivity index is 2.35. The second kappa shape index (κ2) is 4.51. The molecule has 0 amide bonds. The van der Waals surface area contributed by atoms with E-state index in [9.17, 15) is 0 Å². The number of nitriles is 1. The van der Waals surface area contributed by atoms with Gasteiger partial charge in [0.2, 0.25) is 5.95 Å². The molecule has 0 saturated carbocycles. The summed E-state index contributed by atoms with van der Waals surface area (Å²) in [6.07, 6.45) is 1.61. The molecule has 0 aliphatic heterocycles. The van der Waals surface area contributed by atoms with Gasteiger partial charge in [-0.15, -0.1) is 0 Å². The molecule has 3 rings (SSSR count). The normalized spacial score (nSPS) is 10.4. The Bertz CT molecular complexity index is 832. The molecule has 0 spiro atoms. The highest BCUT2D eigenvalue weighted by Crippen LogP contribution is 2.33. The summed E-state index contributed by atoms with van der Waals surface area (Å²) in [6, 6.07) is 7.19.